The van der Waals surface area contributed by atoms with Crippen LogP contribution in [0.4, 0.5) is 5.69 Å². The molecular formula is C22H21N3O4S. The molecule has 30 heavy (non-hydrogen) atoms. The van der Waals surface area contributed by atoms with Crippen molar-refractivity contribution in [3.8, 4) is 5.75 Å². The van der Waals surface area contributed by atoms with E-state index in [9.17, 15) is 14.4 Å². The Morgan fingerprint density at radius 1 is 0.833 bits per heavy atom. The van der Waals surface area contributed by atoms with Gasteiger partial charge in [0.2, 0.25) is 0 Å². The Balaban J connectivity index is 1.46. The van der Waals surface area contributed by atoms with Crippen molar-refractivity contribution in [1.29, 1.82) is 0 Å². The zero-order valence-electron chi connectivity index (χ0n) is 16.3. The van der Waals surface area contributed by atoms with Gasteiger partial charge in [0.05, 0.1) is 12.0 Å². The molecule has 0 radical (unpaired) electrons. The maximum absolute atomic E-state index is 12.3. The van der Waals surface area contributed by atoms with Gasteiger partial charge in [0.1, 0.15) is 5.75 Å². The smallest absolute Gasteiger partial charge is 0.261 e. The lowest BCUT2D eigenvalue weighted by Gasteiger charge is -2.09. The molecule has 0 atom stereocenters. The van der Waals surface area contributed by atoms with Gasteiger partial charge in [0.15, 0.2) is 0 Å². The third-order valence-electron chi connectivity index (χ3n) is 4.18. The number of hydrogen-bond donors (Lipinski definition) is 3. The van der Waals surface area contributed by atoms with Crippen molar-refractivity contribution in [2.45, 2.75) is 0 Å². The van der Waals surface area contributed by atoms with Crippen molar-refractivity contribution in [2.75, 3.05) is 25.5 Å². The summed E-state index contributed by atoms with van der Waals surface area (Å²) in [6.45, 7) is 0.640. The van der Waals surface area contributed by atoms with Gasteiger partial charge in [-0.2, -0.15) is 0 Å². The van der Waals surface area contributed by atoms with Gasteiger partial charge in [0, 0.05) is 29.9 Å². The number of thiophene rings is 1. The van der Waals surface area contributed by atoms with Crippen molar-refractivity contribution in [2.24, 2.45) is 0 Å². The van der Waals surface area contributed by atoms with Crippen LogP contribution in [-0.4, -0.2) is 37.9 Å². The summed E-state index contributed by atoms with van der Waals surface area (Å²) in [7, 11) is 1.54. The zero-order chi connectivity index (χ0) is 21.3. The van der Waals surface area contributed by atoms with E-state index in [1.165, 1.54) is 11.3 Å². The van der Waals surface area contributed by atoms with E-state index >= 15 is 0 Å². The number of nitrogens with one attached hydrogen (secondary N) is 3. The molecule has 154 valence electrons. The minimum absolute atomic E-state index is 0.157. The Kier molecular flexibility index (Phi) is 7.18. The quantitative estimate of drug-likeness (QED) is 0.485. The number of carbonyl (C=O) groups is 3. The molecular weight excluding hydrogens is 402 g/mol. The van der Waals surface area contributed by atoms with Gasteiger partial charge in [-0.3, -0.25) is 14.4 Å². The Bertz CT molecular complexity index is 1020. The second-order valence-electron chi connectivity index (χ2n) is 6.25. The van der Waals surface area contributed by atoms with Crippen LogP contribution in [0.2, 0.25) is 0 Å². The molecule has 0 fully saturated rings. The number of hydrogen-bond acceptors (Lipinski definition) is 5. The van der Waals surface area contributed by atoms with E-state index < -0.39 is 0 Å². The standard InChI is InChI=1S/C22H21N3O4S/c1-29-18-5-2-4-16(14-18)21(27)25-17-9-7-15(8-10-17)20(26)23-11-12-24-22(28)19-6-3-13-30-19/h2-10,13-14H,11-12H2,1H3,(H,23,26)(H,24,28)(H,25,27). The fourth-order valence-electron chi connectivity index (χ4n) is 2.62. The van der Waals surface area contributed by atoms with Gasteiger partial charge in [-0.15, -0.1) is 11.3 Å². The summed E-state index contributed by atoms with van der Waals surface area (Å²) >= 11 is 1.36. The maximum atomic E-state index is 12.3. The van der Waals surface area contributed by atoms with Gasteiger partial charge >= 0.3 is 0 Å². The molecule has 0 saturated heterocycles. The zero-order valence-corrected chi connectivity index (χ0v) is 17.1. The second kappa shape index (κ2) is 10.2. The van der Waals surface area contributed by atoms with Crippen LogP contribution in [0, 0.1) is 0 Å². The van der Waals surface area contributed by atoms with Gasteiger partial charge < -0.3 is 20.7 Å². The first kappa shape index (κ1) is 21.1. The molecule has 3 rings (SSSR count). The number of anilines is 1. The average Bonchev–Trinajstić information content (AvgIpc) is 3.32. The first-order valence-electron chi connectivity index (χ1n) is 9.22. The Morgan fingerprint density at radius 2 is 1.57 bits per heavy atom. The van der Waals surface area contributed by atoms with Crippen molar-refractivity contribution in [3.63, 3.8) is 0 Å². The SMILES string of the molecule is COc1cccc(C(=O)Nc2ccc(C(=O)NCCNC(=O)c3cccs3)cc2)c1. The van der Waals surface area contributed by atoms with Gasteiger partial charge in [-0.25, -0.2) is 0 Å². The van der Waals surface area contributed by atoms with Crippen LogP contribution in [-0.2, 0) is 0 Å². The predicted octanol–water partition coefficient (Wildman–Crippen LogP) is 3.17. The lowest BCUT2D eigenvalue weighted by molar-refractivity contribution is 0.0929. The number of ether oxygens (including phenoxy) is 1. The molecule has 1 heterocycles. The van der Waals surface area contributed by atoms with Crippen LogP contribution >= 0.6 is 11.3 Å². The molecule has 3 amide bonds. The van der Waals surface area contributed by atoms with Gasteiger partial charge in [-0.1, -0.05) is 12.1 Å². The molecule has 0 aliphatic carbocycles. The van der Waals surface area contributed by atoms with E-state index in [1.54, 1.807) is 61.7 Å². The number of amides is 3. The maximum Gasteiger partial charge on any atom is 0.261 e. The molecule has 0 aliphatic rings. The summed E-state index contributed by atoms with van der Waals surface area (Å²) in [5, 5.41) is 10.1. The van der Waals surface area contributed by atoms with Crippen molar-refractivity contribution >= 4 is 34.7 Å². The lowest BCUT2D eigenvalue weighted by Crippen LogP contribution is -2.34. The first-order valence-corrected chi connectivity index (χ1v) is 10.1. The number of rotatable bonds is 8. The lowest BCUT2D eigenvalue weighted by atomic mass is 10.1. The van der Waals surface area contributed by atoms with Crippen LogP contribution < -0.4 is 20.7 Å². The van der Waals surface area contributed by atoms with Crippen LogP contribution in [0.3, 0.4) is 0 Å². The van der Waals surface area contributed by atoms with Crippen LogP contribution in [0.5, 0.6) is 5.75 Å². The summed E-state index contributed by atoms with van der Waals surface area (Å²) in [4.78, 5) is 37.0. The van der Waals surface area contributed by atoms with E-state index in [0.717, 1.165) is 0 Å². The number of benzene rings is 2. The third kappa shape index (κ3) is 5.68. The fraction of sp³-hybridized carbons (Fsp3) is 0.136. The van der Waals surface area contributed by atoms with E-state index in [4.69, 9.17) is 4.74 Å². The molecule has 8 heteroatoms. The molecule has 1 aromatic heterocycles. The normalized spacial score (nSPS) is 10.2. The summed E-state index contributed by atoms with van der Waals surface area (Å²) in [6, 6.07) is 17.0. The monoisotopic (exact) mass is 423 g/mol. The van der Waals surface area contributed by atoms with Crippen LogP contribution in [0.15, 0.2) is 66.0 Å². The first-order chi connectivity index (χ1) is 14.6. The van der Waals surface area contributed by atoms with E-state index in [-0.39, 0.29) is 17.7 Å². The molecule has 0 aliphatic heterocycles. The summed E-state index contributed by atoms with van der Waals surface area (Å²) in [5.41, 5.74) is 1.50. The Labute approximate surface area is 178 Å². The Morgan fingerprint density at radius 3 is 2.23 bits per heavy atom. The largest absolute Gasteiger partial charge is 0.497 e. The molecule has 3 aromatic rings. The highest BCUT2D eigenvalue weighted by Crippen LogP contribution is 2.15. The Hall–Kier alpha value is -3.65. The minimum atomic E-state index is -0.271. The van der Waals surface area contributed by atoms with Gasteiger partial charge in [0.25, 0.3) is 17.7 Å². The molecule has 0 spiro atoms. The molecule has 2 aromatic carbocycles. The third-order valence-corrected chi connectivity index (χ3v) is 5.05. The average molecular weight is 423 g/mol. The van der Waals surface area contributed by atoms with Crippen molar-refractivity contribution < 1.29 is 19.1 Å². The number of methoxy groups -OCH3 is 1. The molecule has 0 saturated carbocycles. The predicted molar refractivity (Wildman–Crippen MR) is 116 cm³/mol. The van der Waals surface area contributed by atoms with Crippen LogP contribution in [0.25, 0.3) is 0 Å². The molecule has 7 nitrogen and oxygen atoms in total. The fourth-order valence-corrected chi connectivity index (χ4v) is 3.26. The summed E-state index contributed by atoms with van der Waals surface area (Å²) in [6.07, 6.45) is 0. The summed E-state index contributed by atoms with van der Waals surface area (Å²) in [5.74, 6) is -0.0877. The highest BCUT2D eigenvalue weighted by molar-refractivity contribution is 7.12. The van der Waals surface area contributed by atoms with Crippen molar-refractivity contribution in [1.82, 2.24) is 10.6 Å². The minimum Gasteiger partial charge on any atom is -0.497 e. The van der Waals surface area contributed by atoms with E-state index in [2.05, 4.69) is 16.0 Å². The van der Waals surface area contributed by atoms with E-state index in [0.29, 0.717) is 40.5 Å². The van der Waals surface area contributed by atoms with Crippen molar-refractivity contribution in [3.05, 3.63) is 82.0 Å². The topological polar surface area (TPSA) is 96.5 Å². The second-order valence-corrected chi connectivity index (χ2v) is 7.20. The summed E-state index contributed by atoms with van der Waals surface area (Å²) < 4.78 is 5.12. The highest BCUT2D eigenvalue weighted by atomic mass is 32.1. The molecule has 3 N–H and O–H groups in total. The highest BCUT2D eigenvalue weighted by Gasteiger charge is 2.10. The van der Waals surface area contributed by atoms with Gasteiger partial charge in [-0.05, 0) is 53.9 Å². The van der Waals surface area contributed by atoms with Crippen LogP contribution in [0.1, 0.15) is 30.4 Å². The van der Waals surface area contributed by atoms with E-state index in [1.807, 2.05) is 11.4 Å². The molecule has 0 unspecified atom stereocenters. The molecule has 0 bridgehead atoms. The number of carbonyl (C=O) groups excluding carboxylic acids is 3.